The molecule has 2 amide bonds. The summed E-state index contributed by atoms with van der Waals surface area (Å²) in [6.45, 7) is 3.25. The predicted molar refractivity (Wildman–Crippen MR) is 68.2 cm³/mol. The number of carbonyl (C=O) groups is 2. The minimum atomic E-state index is -1.55. The van der Waals surface area contributed by atoms with Gasteiger partial charge in [0.05, 0.1) is 18.3 Å². The van der Waals surface area contributed by atoms with Gasteiger partial charge in [0.2, 0.25) is 0 Å². The highest BCUT2D eigenvalue weighted by Crippen LogP contribution is 2.28. The van der Waals surface area contributed by atoms with E-state index < -0.39 is 12.2 Å². The van der Waals surface area contributed by atoms with Crippen molar-refractivity contribution in [1.82, 2.24) is 4.90 Å². The second-order valence-electron chi connectivity index (χ2n) is 4.15. The first kappa shape index (κ1) is 14.6. The Morgan fingerprint density at radius 3 is 2.37 bits per heavy atom. The van der Waals surface area contributed by atoms with Crippen molar-refractivity contribution in [3.8, 4) is 5.75 Å². The zero-order valence-electron chi connectivity index (χ0n) is 10.7. The lowest BCUT2D eigenvalue weighted by atomic mass is 10.1. The fourth-order valence-electron chi connectivity index (χ4n) is 1.50. The van der Waals surface area contributed by atoms with Crippen LogP contribution >= 0.6 is 0 Å². The van der Waals surface area contributed by atoms with Crippen molar-refractivity contribution in [2.24, 2.45) is 0 Å². The molecule has 1 rings (SSSR count). The van der Waals surface area contributed by atoms with Gasteiger partial charge in [-0.1, -0.05) is 12.1 Å². The van der Waals surface area contributed by atoms with Crippen molar-refractivity contribution in [1.29, 1.82) is 0 Å². The van der Waals surface area contributed by atoms with E-state index in [1.807, 2.05) is 0 Å². The van der Waals surface area contributed by atoms with E-state index in [0.717, 1.165) is 0 Å². The normalized spacial score (nSPS) is 10.3. The molecule has 0 spiro atoms. The molecule has 1 aromatic carbocycles. The van der Waals surface area contributed by atoms with Gasteiger partial charge in [-0.3, -0.25) is 0 Å². The van der Waals surface area contributed by atoms with E-state index in [1.165, 1.54) is 0 Å². The highest BCUT2D eigenvalue weighted by atomic mass is 16.5. The lowest BCUT2D eigenvalue weighted by molar-refractivity contribution is 0.120. The minimum Gasteiger partial charge on any atom is -0.488 e. The van der Waals surface area contributed by atoms with Crippen LogP contribution in [0.25, 0.3) is 0 Å². The van der Waals surface area contributed by atoms with Crippen LogP contribution in [0.2, 0.25) is 0 Å². The number of nitrogens with two attached hydrogens (primary N) is 1. The lowest BCUT2D eigenvalue weighted by Crippen LogP contribution is -2.34. The number of nitrogen functional groups attached to an aromatic ring is 1. The largest absolute Gasteiger partial charge is 0.488 e. The first-order valence-electron chi connectivity index (χ1n) is 5.60. The molecule has 0 fully saturated rings. The molecule has 0 heterocycles. The molecule has 0 aliphatic carbocycles. The Morgan fingerprint density at radius 1 is 1.32 bits per heavy atom. The highest BCUT2D eigenvalue weighted by Gasteiger charge is 2.22. The monoisotopic (exact) mass is 268 g/mol. The number of imide groups is 1. The number of hydrogen-bond donors (Lipinski definition) is 3. The van der Waals surface area contributed by atoms with Crippen LogP contribution in [-0.4, -0.2) is 33.4 Å². The zero-order chi connectivity index (χ0) is 14.6. The van der Waals surface area contributed by atoms with Crippen LogP contribution in [0.15, 0.2) is 18.2 Å². The average molecular weight is 268 g/mol. The van der Waals surface area contributed by atoms with Crippen molar-refractivity contribution in [3.05, 3.63) is 23.8 Å². The maximum atomic E-state index is 10.8. The van der Waals surface area contributed by atoms with Crippen LogP contribution < -0.4 is 10.5 Å². The minimum absolute atomic E-state index is 0.161. The highest BCUT2D eigenvalue weighted by molar-refractivity contribution is 5.85. The van der Waals surface area contributed by atoms with Gasteiger partial charge in [-0.25, -0.2) is 14.5 Å². The summed E-state index contributed by atoms with van der Waals surface area (Å²) in [7, 11) is 0. The van der Waals surface area contributed by atoms with Crippen LogP contribution in [-0.2, 0) is 6.54 Å². The van der Waals surface area contributed by atoms with E-state index in [-0.39, 0.29) is 17.5 Å². The third kappa shape index (κ3) is 3.77. The Hall–Kier alpha value is -2.44. The Labute approximate surface area is 110 Å². The van der Waals surface area contributed by atoms with Crippen molar-refractivity contribution >= 4 is 17.9 Å². The number of benzene rings is 1. The fraction of sp³-hybridized carbons (Fsp3) is 0.333. The van der Waals surface area contributed by atoms with Crippen molar-refractivity contribution in [3.63, 3.8) is 0 Å². The van der Waals surface area contributed by atoms with E-state index >= 15 is 0 Å². The first-order chi connectivity index (χ1) is 8.82. The molecule has 104 valence electrons. The molecule has 4 N–H and O–H groups in total. The van der Waals surface area contributed by atoms with Crippen LogP contribution in [0.4, 0.5) is 15.3 Å². The molecule has 7 nitrogen and oxygen atoms in total. The number of nitrogens with zero attached hydrogens (tertiary/aromatic N) is 1. The number of carboxylic acid groups (broad SMARTS) is 2. The molecule has 0 bridgehead atoms. The standard InChI is InChI=1S/C12H16N2O5/c1-7(2)19-10-8(4-3-5-9(10)13)6-14(11(15)16)12(17)18/h3-5,7H,6,13H2,1-2H3,(H,15,16)(H,17,18). The Morgan fingerprint density at radius 2 is 1.89 bits per heavy atom. The van der Waals surface area contributed by atoms with Crippen LogP contribution in [0.1, 0.15) is 19.4 Å². The molecule has 0 aromatic heterocycles. The van der Waals surface area contributed by atoms with E-state index in [2.05, 4.69) is 0 Å². The summed E-state index contributed by atoms with van der Waals surface area (Å²) < 4.78 is 5.50. The van der Waals surface area contributed by atoms with Gasteiger partial charge < -0.3 is 20.7 Å². The van der Waals surface area contributed by atoms with Gasteiger partial charge in [0.15, 0.2) is 0 Å². The van der Waals surface area contributed by atoms with Crippen LogP contribution in [0, 0.1) is 0 Å². The molecule has 0 saturated carbocycles. The molecular formula is C12H16N2O5. The molecular weight excluding hydrogens is 252 g/mol. The number of rotatable bonds is 4. The van der Waals surface area contributed by atoms with Gasteiger partial charge in [0, 0.05) is 5.56 Å². The van der Waals surface area contributed by atoms with Gasteiger partial charge in [0.1, 0.15) is 5.75 Å². The van der Waals surface area contributed by atoms with Gasteiger partial charge in [-0.2, -0.15) is 0 Å². The van der Waals surface area contributed by atoms with Crippen molar-refractivity contribution in [2.45, 2.75) is 26.5 Å². The molecule has 0 atom stereocenters. The number of anilines is 1. The molecule has 1 aromatic rings. The number of para-hydroxylation sites is 1. The van der Waals surface area contributed by atoms with Crippen LogP contribution in [0.3, 0.4) is 0 Å². The summed E-state index contributed by atoms with van der Waals surface area (Å²) in [5.41, 5.74) is 6.50. The smallest absolute Gasteiger partial charge is 0.417 e. The third-order valence-electron chi connectivity index (χ3n) is 2.27. The molecule has 0 unspecified atom stereocenters. The second-order valence-corrected chi connectivity index (χ2v) is 4.15. The molecule has 0 saturated heterocycles. The third-order valence-corrected chi connectivity index (χ3v) is 2.27. The predicted octanol–water partition coefficient (Wildman–Crippen LogP) is 2.21. The van der Waals surface area contributed by atoms with E-state index in [9.17, 15) is 9.59 Å². The summed E-state index contributed by atoms with van der Waals surface area (Å²) in [5, 5.41) is 17.6. The molecule has 19 heavy (non-hydrogen) atoms. The molecule has 0 aliphatic rings. The molecule has 0 radical (unpaired) electrons. The maximum absolute atomic E-state index is 10.8. The number of amides is 2. The summed E-state index contributed by atoms with van der Waals surface area (Å²) in [6.07, 6.45) is -3.26. The topological polar surface area (TPSA) is 113 Å². The quantitative estimate of drug-likeness (QED) is 0.721. The van der Waals surface area contributed by atoms with Gasteiger partial charge in [0.25, 0.3) is 0 Å². The van der Waals surface area contributed by atoms with E-state index in [4.69, 9.17) is 20.7 Å². The average Bonchev–Trinajstić information content (AvgIpc) is 2.28. The van der Waals surface area contributed by atoms with E-state index in [1.54, 1.807) is 32.0 Å². The Bertz CT molecular complexity index is 473. The SMILES string of the molecule is CC(C)Oc1c(N)cccc1CN(C(=O)O)C(=O)O. The molecule has 0 aliphatic heterocycles. The summed E-state index contributed by atoms with van der Waals surface area (Å²) in [6, 6.07) is 4.79. The summed E-state index contributed by atoms with van der Waals surface area (Å²) in [4.78, 5) is 21.9. The second kappa shape index (κ2) is 5.94. The summed E-state index contributed by atoms with van der Waals surface area (Å²) >= 11 is 0. The lowest BCUT2D eigenvalue weighted by Gasteiger charge is -2.19. The number of ether oxygens (including phenoxy) is 1. The van der Waals surface area contributed by atoms with E-state index in [0.29, 0.717) is 17.0 Å². The maximum Gasteiger partial charge on any atom is 0.417 e. The number of hydrogen-bond acceptors (Lipinski definition) is 4. The summed E-state index contributed by atoms with van der Waals surface area (Å²) in [5.74, 6) is 0.310. The molecule has 7 heteroatoms. The van der Waals surface area contributed by atoms with Crippen LogP contribution in [0.5, 0.6) is 5.75 Å². The van der Waals surface area contributed by atoms with Crippen molar-refractivity contribution < 1.29 is 24.5 Å². The van der Waals surface area contributed by atoms with Gasteiger partial charge in [-0.15, -0.1) is 0 Å². The fourth-order valence-corrected chi connectivity index (χ4v) is 1.50. The zero-order valence-corrected chi connectivity index (χ0v) is 10.7. The van der Waals surface area contributed by atoms with Gasteiger partial charge in [-0.05, 0) is 19.9 Å². The van der Waals surface area contributed by atoms with Gasteiger partial charge >= 0.3 is 12.2 Å². The van der Waals surface area contributed by atoms with Crippen molar-refractivity contribution in [2.75, 3.05) is 5.73 Å². The Kier molecular flexibility index (Phi) is 4.57. The first-order valence-corrected chi connectivity index (χ1v) is 5.60. The Balaban J connectivity index is 3.09.